The van der Waals surface area contributed by atoms with Crippen molar-refractivity contribution < 1.29 is 14.0 Å². The predicted molar refractivity (Wildman–Crippen MR) is 43.6 cm³/mol. The monoisotopic (exact) mass is 186 g/mol. The number of benzene rings is 1. The highest BCUT2D eigenvalue weighted by Gasteiger charge is 2.10. The number of amidine groups is 1. The summed E-state index contributed by atoms with van der Waals surface area (Å²) < 4.78 is 25.9. The molecule has 70 valence electrons. The first kappa shape index (κ1) is 9.44. The van der Waals surface area contributed by atoms with Gasteiger partial charge in [0.05, 0.1) is 5.56 Å². The maximum Gasteiger partial charge on any atom is 0.173 e. The summed E-state index contributed by atoms with van der Waals surface area (Å²) >= 11 is 0. The number of rotatable bonds is 1. The van der Waals surface area contributed by atoms with Gasteiger partial charge in [-0.05, 0) is 24.6 Å². The molecular weight excluding hydrogens is 178 g/mol. The van der Waals surface area contributed by atoms with Crippen molar-refractivity contribution in [1.29, 1.82) is 0 Å². The Labute approximate surface area is 73.5 Å². The molecule has 1 aromatic rings. The van der Waals surface area contributed by atoms with Gasteiger partial charge in [-0.2, -0.15) is 0 Å². The number of hydrogen-bond donors (Lipinski definition) is 2. The first-order chi connectivity index (χ1) is 6.06. The predicted octanol–water partition coefficient (Wildman–Crippen LogP) is 1.37. The molecule has 0 aliphatic carbocycles. The van der Waals surface area contributed by atoms with Crippen molar-refractivity contribution in [3.63, 3.8) is 0 Å². The summed E-state index contributed by atoms with van der Waals surface area (Å²) in [7, 11) is 0. The summed E-state index contributed by atoms with van der Waals surface area (Å²) in [5.41, 5.74) is 5.04. The van der Waals surface area contributed by atoms with Gasteiger partial charge in [0.15, 0.2) is 5.84 Å². The molecule has 1 rings (SSSR count). The topological polar surface area (TPSA) is 58.6 Å². The van der Waals surface area contributed by atoms with Crippen LogP contribution in [-0.2, 0) is 0 Å². The van der Waals surface area contributed by atoms with E-state index in [1.165, 1.54) is 6.92 Å². The SMILES string of the molecule is Cc1cc(F)c(C(N)=NO)cc1F. The molecule has 1 aromatic carbocycles. The fraction of sp³-hybridized carbons (Fsp3) is 0.125. The highest BCUT2D eigenvalue weighted by molar-refractivity contribution is 5.97. The zero-order chi connectivity index (χ0) is 10.0. The first-order valence-corrected chi connectivity index (χ1v) is 3.49. The number of nitrogens with two attached hydrogens (primary N) is 1. The Morgan fingerprint density at radius 2 is 2.00 bits per heavy atom. The van der Waals surface area contributed by atoms with Gasteiger partial charge < -0.3 is 10.9 Å². The summed E-state index contributed by atoms with van der Waals surface area (Å²) in [6, 6.07) is 1.88. The summed E-state index contributed by atoms with van der Waals surface area (Å²) in [5, 5.41) is 10.8. The van der Waals surface area contributed by atoms with E-state index in [1.807, 2.05) is 0 Å². The smallest absolute Gasteiger partial charge is 0.173 e. The molecule has 0 saturated heterocycles. The summed E-state index contributed by atoms with van der Waals surface area (Å²) in [5.74, 6) is -1.76. The maximum absolute atomic E-state index is 13.0. The Morgan fingerprint density at radius 1 is 1.38 bits per heavy atom. The van der Waals surface area contributed by atoms with Gasteiger partial charge in [0.25, 0.3) is 0 Å². The molecule has 0 heterocycles. The molecule has 0 spiro atoms. The molecule has 0 aliphatic heterocycles. The van der Waals surface area contributed by atoms with E-state index in [-0.39, 0.29) is 11.1 Å². The van der Waals surface area contributed by atoms with Crippen molar-refractivity contribution in [1.82, 2.24) is 0 Å². The lowest BCUT2D eigenvalue weighted by molar-refractivity contribution is 0.318. The fourth-order valence-corrected chi connectivity index (χ4v) is 0.896. The Balaban J connectivity index is 3.32. The van der Waals surface area contributed by atoms with Crippen LogP contribution in [0.15, 0.2) is 17.3 Å². The second-order valence-corrected chi connectivity index (χ2v) is 2.57. The molecule has 0 unspecified atom stereocenters. The molecule has 0 radical (unpaired) electrons. The van der Waals surface area contributed by atoms with Crippen molar-refractivity contribution in [3.8, 4) is 0 Å². The minimum Gasteiger partial charge on any atom is -0.409 e. The average Bonchev–Trinajstić information content (AvgIpc) is 2.10. The number of aryl methyl sites for hydroxylation is 1. The zero-order valence-electron chi connectivity index (χ0n) is 6.88. The van der Waals surface area contributed by atoms with Crippen molar-refractivity contribution >= 4 is 5.84 Å². The van der Waals surface area contributed by atoms with Crippen LogP contribution in [-0.4, -0.2) is 11.0 Å². The minimum atomic E-state index is -0.714. The Morgan fingerprint density at radius 3 is 2.54 bits per heavy atom. The molecule has 3 N–H and O–H groups in total. The van der Waals surface area contributed by atoms with Crippen LogP contribution in [0.2, 0.25) is 0 Å². The van der Waals surface area contributed by atoms with E-state index in [2.05, 4.69) is 5.16 Å². The van der Waals surface area contributed by atoms with Crippen molar-refractivity contribution in [2.75, 3.05) is 0 Å². The second kappa shape index (κ2) is 3.38. The highest BCUT2D eigenvalue weighted by Crippen LogP contribution is 2.13. The van der Waals surface area contributed by atoms with Gasteiger partial charge in [-0.1, -0.05) is 5.16 Å². The van der Waals surface area contributed by atoms with E-state index in [1.54, 1.807) is 0 Å². The largest absolute Gasteiger partial charge is 0.409 e. The summed E-state index contributed by atoms with van der Waals surface area (Å²) in [4.78, 5) is 0. The van der Waals surface area contributed by atoms with Gasteiger partial charge in [-0.25, -0.2) is 8.78 Å². The highest BCUT2D eigenvalue weighted by atomic mass is 19.1. The standard InChI is InChI=1S/C8H8F2N2O/c1-4-2-7(10)5(3-6(4)9)8(11)12-13/h2-3,13H,1H3,(H2,11,12). The van der Waals surface area contributed by atoms with E-state index in [9.17, 15) is 8.78 Å². The molecule has 0 fully saturated rings. The van der Waals surface area contributed by atoms with Gasteiger partial charge in [0, 0.05) is 0 Å². The van der Waals surface area contributed by atoms with Crippen molar-refractivity contribution in [2.24, 2.45) is 10.9 Å². The maximum atomic E-state index is 13.0. The zero-order valence-corrected chi connectivity index (χ0v) is 6.88. The van der Waals surface area contributed by atoms with Gasteiger partial charge in [0.1, 0.15) is 11.6 Å². The minimum absolute atomic E-state index is 0.173. The van der Waals surface area contributed by atoms with Gasteiger partial charge in [-0.3, -0.25) is 0 Å². The third-order valence-electron chi connectivity index (χ3n) is 1.63. The number of halogens is 2. The van der Waals surface area contributed by atoms with E-state index in [0.717, 1.165) is 12.1 Å². The van der Waals surface area contributed by atoms with Gasteiger partial charge in [-0.15, -0.1) is 0 Å². The number of oxime groups is 1. The quantitative estimate of drug-likeness (QED) is 0.301. The molecule has 0 aromatic heterocycles. The third-order valence-corrected chi connectivity index (χ3v) is 1.63. The second-order valence-electron chi connectivity index (χ2n) is 2.57. The van der Waals surface area contributed by atoms with Crippen LogP contribution in [0.4, 0.5) is 8.78 Å². The normalized spacial score (nSPS) is 11.8. The van der Waals surface area contributed by atoms with Crippen LogP contribution in [0.25, 0.3) is 0 Å². The van der Waals surface area contributed by atoms with Crippen LogP contribution in [0, 0.1) is 18.6 Å². The van der Waals surface area contributed by atoms with Crippen LogP contribution in [0.1, 0.15) is 11.1 Å². The van der Waals surface area contributed by atoms with Crippen LogP contribution >= 0.6 is 0 Å². The Bertz CT molecular complexity index is 363. The van der Waals surface area contributed by atoms with Crippen LogP contribution < -0.4 is 5.73 Å². The lowest BCUT2D eigenvalue weighted by atomic mass is 10.1. The summed E-state index contributed by atoms with van der Waals surface area (Å²) in [6.45, 7) is 1.43. The van der Waals surface area contributed by atoms with Crippen molar-refractivity contribution in [2.45, 2.75) is 6.92 Å². The lowest BCUT2D eigenvalue weighted by Gasteiger charge is -2.02. The van der Waals surface area contributed by atoms with Gasteiger partial charge >= 0.3 is 0 Å². The molecule has 0 atom stereocenters. The van der Waals surface area contributed by atoms with E-state index in [0.29, 0.717) is 0 Å². The third kappa shape index (κ3) is 1.74. The fourth-order valence-electron chi connectivity index (χ4n) is 0.896. The molecule has 13 heavy (non-hydrogen) atoms. The van der Waals surface area contributed by atoms with Gasteiger partial charge in [0.2, 0.25) is 0 Å². The molecule has 3 nitrogen and oxygen atoms in total. The van der Waals surface area contributed by atoms with E-state index in [4.69, 9.17) is 10.9 Å². The van der Waals surface area contributed by atoms with Crippen LogP contribution in [0.3, 0.4) is 0 Å². The molecule has 0 aliphatic rings. The number of nitrogens with zero attached hydrogens (tertiary/aromatic N) is 1. The molecule has 0 amide bonds. The summed E-state index contributed by atoms with van der Waals surface area (Å²) in [6.07, 6.45) is 0. The lowest BCUT2D eigenvalue weighted by Crippen LogP contribution is -2.15. The number of hydrogen-bond acceptors (Lipinski definition) is 2. The molecule has 0 bridgehead atoms. The van der Waals surface area contributed by atoms with E-state index >= 15 is 0 Å². The Kier molecular flexibility index (Phi) is 2.46. The average molecular weight is 186 g/mol. The molecule has 5 heteroatoms. The van der Waals surface area contributed by atoms with Crippen LogP contribution in [0.5, 0.6) is 0 Å². The molecule has 0 saturated carbocycles. The van der Waals surface area contributed by atoms with E-state index < -0.39 is 17.5 Å². The molecular formula is C8H8F2N2O. The Hall–Kier alpha value is -1.65. The van der Waals surface area contributed by atoms with Crippen molar-refractivity contribution in [3.05, 3.63) is 34.9 Å². The first-order valence-electron chi connectivity index (χ1n) is 3.49.